The number of benzene rings is 1. The van der Waals surface area contributed by atoms with Gasteiger partial charge in [0.05, 0.1) is 37.1 Å². The fraction of sp³-hybridized carbons (Fsp3) is 0.393. The molecule has 11 heteroatoms. The first kappa shape index (κ1) is 26.6. The Kier molecular flexibility index (Phi) is 7.51. The van der Waals surface area contributed by atoms with E-state index >= 15 is 0 Å². The van der Waals surface area contributed by atoms with Crippen molar-refractivity contribution in [2.45, 2.75) is 38.3 Å². The number of aliphatic carboxylic acids is 1. The number of methoxy groups -OCH3 is 1. The van der Waals surface area contributed by atoms with E-state index < -0.39 is 35.9 Å². The molecule has 0 radical (unpaired) electrons. The third-order valence-electron chi connectivity index (χ3n) is 7.22. The van der Waals surface area contributed by atoms with E-state index in [1.54, 1.807) is 44.5 Å². The molecule has 2 amide bonds. The minimum Gasteiger partial charge on any atom is -0.497 e. The zero-order chi connectivity index (χ0) is 27.7. The van der Waals surface area contributed by atoms with Crippen LogP contribution in [0.3, 0.4) is 0 Å². The molecule has 1 aromatic carbocycles. The zero-order valence-corrected chi connectivity index (χ0v) is 22.4. The summed E-state index contributed by atoms with van der Waals surface area (Å²) in [4.78, 5) is 48.8. The Morgan fingerprint density at radius 2 is 2.00 bits per heavy atom. The molecule has 2 aromatic heterocycles. The summed E-state index contributed by atoms with van der Waals surface area (Å²) in [6.45, 7) is 5.52. The smallest absolute Gasteiger partial charge is 0.416 e. The van der Waals surface area contributed by atoms with Gasteiger partial charge < -0.3 is 19.3 Å². The molecule has 2 aliphatic carbocycles. The first-order valence-electron chi connectivity index (χ1n) is 12.7. The third kappa shape index (κ3) is 5.31. The van der Waals surface area contributed by atoms with Crippen molar-refractivity contribution in [2.75, 3.05) is 13.7 Å². The lowest BCUT2D eigenvalue weighted by molar-refractivity contribution is -0.148. The Hall–Kier alpha value is -3.99. The van der Waals surface area contributed by atoms with Crippen LogP contribution >= 0.6 is 11.3 Å². The van der Waals surface area contributed by atoms with E-state index in [0.29, 0.717) is 34.1 Å². The molecule has 39 heavy (non-hydrogen) atoms. The van der Waals surface area contributed by atoms with Crippen LogP contribution in [0, 0.1) is 17.8 Å². The maximum atomic E-state index is 13.7. The highest BCUT2D eigenvalue weighted by atomic mass is 32.1. The number of carbonyl (C=O) groups is 3. The van der Waals surface area contributed by atoms with Gasteiger partial charge in [-0.2, -0.15) is 0 Å². The van der Waals surface area contributed by atoms with Gasteiger partial charge in [-0.1, -0.05) is 6.08 Å². The van der Waals surface area contributed by atoms with Crippen LogP contribution in [0.5, 0.6) is 11.5 Å². The van der Waals surface area contributed by atoms with Crippen LogP contribution < -0.4 is 9.47 Å². The largest absolute Gasteiger partial charge is 0.497 e. The van der Waals surface area contributed by atoms with E-state index in [1.165, 1.54) is 11.3 Å². The van der Waals surface area contributed by atoms with Crippen molar-refractivity contribution >= 4 is 40.2 Å². The van der Waals surface area contributed by atoms with Crippen molar-refractivity contribution in [1.82, 2.24) is 14.9 Å². The lowest BCUT2D eigenvalue weighted by atomic mass is 9.94. The summed E-state index contributed by atoms with van der Waals surface area (Å²) in [5, 5.41) is 13.3. The van der Waals surface area contributed by atoms with Crippen molar-refractivity contribution in [3.05, 3.63) is 48.5 Å². The maximum Gasteiger partial charge on any atom is 0.416 e. The molecule has 2 saturated carbocycles. The van der Waals surface area contributed by atoms with Crippen molar-refractivity contribution in [1.29, 1.82) is 0 Å². The Bertz CT molecular complexity index is 1410. The maximum absolute atomic E-state index is 13.7. The second-order valence-corrected chi connectivity index (χ2v) is 10.5. The second-order valence-electron chi connectivity index (χ2n) is 9.60. The number of aromatic nitrogens is 2. The number of fused-ring (bicyclic) bond motifs is 1. The van der Waals surface area contributed by atoms with Crippen LogP contribution in [0.4, 0.5) is 4.79 Å². The van der Waals surface area contributed by atoms with Crippen molar-refractivity contribution < 1.29 is 33.7 Å². The van der Waals surface area contributed by atoms with Gasteiger partial charge in [0.2, 0.25) is 5.91 Å². The Balaban J connectivity index is 1.45. The third-order valence-corrected chi connectivity index (χ3v) is 8.01. The fourth-order valence-electron chi connectivity index (χ4n) is 5.18. The molecule has 2 aliphatic rings. The van der Waals surface area contributed by atoms with Gasteiger partial charge in [-0.3, -0.25) is 9.59 Å². The van der Waals surface area contributed by atoms with Crippen molar-refractivity contribution in [3.8, 4) is 22.2 Å². The van der Waals surface area contributed by atoms with Gasteiger partial charge in [0.15, 0.2) is 0 Å². The van der Waals surface area contributed by atoms with Crippen LogP contribution in [0.1, 0.15) is 26.2 Å². The van der Waals surface area contributed by atoms with E-state index in [1.807, 2.05) is 11.4 Å². The summed E-state index contributed by atoms with van der Waals surface area (Å²) in [6.07, 6.45) is 2.90. The lowest BCUT2D eigenvalue weighted by Crippen LogP contribution is -2.45. The predicted molar refractivity (Wildman–Crippen MR) is 144 cm³/mol. The minimum atomic E-state index is -1.10. The normalized spacial score (nSPS) is 23.7. The van der Waals surface area contributed by atoms with Gasteiger partial charge in [-0.25, -0.2) is 19.7 Å². The quantitative estimate of drug-likeness (QED) is 0.374. The molecular weight excluding hydrogens is 522 g/mol. The summed E-state index contributed by atoms with van der Waals surface area (Å²) >= 11 is 1.44. The number of pyridine rings is 1. The highest BCUT2D eigenvalue weighted by Crippen LogP contribution is 2.43. The number of ether oxygens (including phenoxy) is 3. The number of hydrogen-bond acceptors (Lipinski definition) is 9. The van der Waals surface area contributed by atoms with Gasteiger partial charge in [-0.05, 0) is 44.2 Å². The molecule has 204 valence electrons. The Labute approximate surface area is 229 Å². The topological polar surface area (TPSA) is 128 Å². The van der Waals surface area contributed by atoms with E-state index in [-0.39, 0.29) is 31.4 Å². The SMILES string of the molecule is C=CC1CC1N(C(=O)OCC)C(=O)C1CC(Oc2cc(-c3nccs3)nc3cc(OC)ccc23)CC1C(=O)O. The second kappa shape index (κ2) is 11.0. The summed E-state index contributed by atoms with van der Waals surface area (Å²) in [7, 11) is 1.57. The van der Waals surface area contributed by atoms with Crippen LogP contribution in [-0.4, -0.2) is 63.8 Å². The molecular formula is C28H29N3O7S. The van der Waals surface area contributed by atoms with E-state index in [9.17, 15) is 19.5 Å². The summed E-state index contributed by atoms with van der Waals surface area (Å²) in [5.41, 5.74) is 1.24. The average Bonchev–Trinajstić information content (AvgIpc) is 3.28. The molecule has 0 bridgehead atoms. The number of amides is 2. The highest BCUT2D eigenvalue weighted by molar-refractivity contribution is 7.13. The monoisotopic (exact) mass is 551 g/mol. The number of carboxylic acids is 1. The first-order chi connectivity index (χ1) is 18.8. The van der Waals surface area contributed by atoms with Gasteiger partial charge in [0, 0.05) is 29.1 Å². The number of carbonyl (C=O) groups excluding carboxylic acids is 2. The number of rotatable bonds is 9. The highest BCUT2D eigenvalue weighted by Gasteiger charge is 2.52. The molecule has 1 N–H and O–H groups in total. The average molecular weight is 552 g/mol. The molecule has 0 spiro atoms. The van der Waals surface area contributed by atoms with Crippen molar-refractivity contribution in [3.63, 3.8) is 0 Å². The lowest BCUT2D eigenvalue weighted by Gasteiger charge is -2.25. The van der Waals surface area contributed by atoms with Gasteiger partial charge in [0.1, 0.15) is 28.3 Å². The molecule has 10 nitrogen and oxygen atoms in total. The van der Waals surface area contributed by atoms with E-state index in [4.69, 9.17) is 19.2 Å². The van der Waals surface area contributed by atoms with E-state index in [0.717, 1.165) is 10.3 Å². The standard InChI is InChI=1S/C28H29N3O7S/c1-4-15-10-23(15)31(28(35)37-5-2)26(32)19-11-17(12-20(19)27(33)34)38-24-14-22(25-29-8-9-39-25)30-21-13-16(36-3)6-7-18(21)24/h4,6-9,13-15,17,19-20,23H,1,5,10-12H2,2-3H3,(H,33,34). The molecule has 0 saturated heterocycles. The van der Waals surface area contributed by atoms with Gasteiger partial charge in [0.25, 0.3) is 0 Å². The Morgan fingerprint density at radius 1 is 1.21 bits per heavy atom. The van der Waals surface area contributed by atoms with Crippen molar-refractivity contribution in [2.24, 2.45) is 17.8 Å². The molecule has 0 aliphatic heterocycles. The number of thiazole rings is 1. The zero-order valence-electron chi connectivity index (χ0n) is 21.6. The number of carboxylic acid groups (broad SMARTS) is 1. The molecule has 3 aromatic rings. The summed E-state index contributed by atoms with van der Waals surface area (Å²) in [6, 6.07) is 6.83. The van der Waals surface area contributed by atoms with Gasteiger partial charge in [-0.15, -0.1) is 17.9 Å². The molecule has 2 heterocycles. The first-order valence-corrected chi connectivity index (χ1v) is 13.6. The van der Waals surface area contributed by atoms with Gasteiger partial charge >= 0.3 is 12.1 Å². The number of imide groups is 1. The molecule has 5 atom stereocenters. The van der Waals surface area contributed by atoms with Crippen LogP contribution in [0.25, 0.3) is 21.6 Å². The number of nitrogens with zero attached hydrogens (tertiary/aromatic N) is 3. The predicted octanol–water partition coefficient (Wildman–Crippen LogP) is 4.78. The minimum absolute atomic E-state index is 0.0282. The molecule has 2 fully saturated rings. The van der Waals surface area contributed by atoms with Crippen LogP contribution in [0.15, 0.2) is 48.5 Å². The van der Waals surface area contributed by atoms with Crippen LogP contribution in [0.2, 0.25) is 0 Å². The molecule has 5 rings (SSSR count). The Morgan fingerprint density at radius 3 is 2.64 bits per heavy atom. The van der Waals surface area contributed by atoms with Crippen LogP contribution in [-0.2, 0) is 14.3 Å². The summed E-state index contributed by atoms with van der Waals surface area (Å²) in [5.74, 6) is -2.49. The fourth-order valence-corrected chi connectivity index (χ4v) is 5.78. The number of hydrogen-bond donors (Lipinski definition) is 1. The summed E-state index contributed by atoms with van der Waals surface area (Å²) < 4.78 is 16.9. The van der Waals surface area contributed by atoms with E-state index in [2.05, 4.69) is 11.6 Å². The molecule has 5 unspecified atom stereocenters.